The number of benzene rings is 1. The third-order valence-corrected chi connectivity index (χ3v) is 3.00. The van der Waals surface area contributed by atoms with Crippen molar-refractivity contribution in [1.29, 1.82) is 0 Å². The van der Waals surface area contributed by atoms with Crippen molar-refractivity contribution in [3.05, 3.63) is 23.8 Å². The van der Waals surface area contributed by atoms with Gasteiger partial charge in [-0.25, -0.2) is 0 Å². The lowest BCUT2D eigenvalue weighted by molar-refractivity contribution is 0.00551. The molecule has 1 rings (SSSR count). The smallest absolute Gasteiger partial charge is 0.142 e. The second-order valence-corrected chi connectivity index (χ2v) is 4.79. The molecule has 0 saturated carbocycles. The molecule has 0 aliphatic rings. The molecule has 0 atom stereocenters. The molecule has 0 radical (unpaired) electrons. The lowest BCUT2D eigenvalue weighted by atomic mass is 10.1. The maximum Gasteiger partial charge on any atom is 0.142 e. The van der Waals surface area contributed by atoms with E-state index in [1.165, 1.54) is 5.56 Å². The Morgan fingerprint density at radius 3 is 2.53 bits per heavy atom. The molecule has 0 aliphatic heterocycles. The van der Waals surface area contributed by atoms with Crippen LogP contribution in [-0.2, 0) is 11.2 Å². The van der Waals surface area contributed by atoms with Crippen LogP contribution in [0.2, 0.25) is 0 Å². The molecular weight excluding hydrogens is 214 g/mol. The zero-order chi connectivity index (χ0) is 12.9. The second-order valence-electron chi connectivity index (χ2n) is 4.79. The van der Waals surface area contributed by atoms with Crippen molar-refractivity contribution in [3.8, 4) is 5.75 Å². The molecule has 96 valence electrons. The van der Waals surface area contributed by atoms with Crippen LogP contribution in [0.1, 0.15) is 32.8 Å². The lowest BCUT2D eigenvalue weighted by Crippen LogP contribution is -2.25. The fourth-order valence-electron chi connectivity index (χ4n) is 1.46. The predicted octanol–water partition coefficient (Wildman–Crippen LogP) is 3.03. The Morgan fingerprint density at radius 1 is 1.29 bits per heavy atom. The molecule has 0 unspecified atom stereocenters. The van der Waals surface area contributed by atoms with E-state index in [1.807, 2.05) is 32.0 Å². The fraction of sp³-hybridized carbons (Fsp3) is 0.571. The summed E-state index contributed by atoms with van der Waals surface area (Å²) in [6.07, 6.45) is 1.82. The van der Waals surface area contributed by atoms with Crippen molar-refractivity contribution in [1.82, 2.24) is 0 Å². The van der Waals surface area contributed by atoms with Crippen molar-refractivity contribution < 1.29 is 9.47 Å². The Balaban J connectivity index is 2.52. The maximum atomic E-state index is 5.92. The van der Waals surface area contributed by atoms with Crippen LogP contribution in [0, 0.1) is 0 Å². The van der Waals surface area contributed by atoms with Crippen LogP contribution >= 0.6 is 0 Å². The third-order valence-electron chi connectivity index (χ3n) is 3.00. The fourth-order valence-corrected chi connectivity index (χ4v) is 1.46. The molecule has 0 heterocycles. The summed E-state index contributed by atoms with van der Waals surface area (Å²) in [4.78, 5) is 0. The zero-order valence-electron chi connectivity index (χ0n) is 11.2. The number of ether oxygens (including phenoxy) is 2. The molecule has 3 nitrogen and oxygen atoms in total. The second kappa shape index (κ2) is 5.92. The SMILES string of the molecule is CCc1ccc(OCCC(C)(C)OC)c(N)c1. The Morgan fingerprint density at radius 2 is 2.00 bits per heavy atom. The first-order valence-corrected chi connectivity index (χ1v) is 6.05. The Hall–Kier alpha value is -1.22. The van der Waals surface area contributed by atoms with Crippen LogP contribution in [0.5, 0.6) is 5.75 Å². The Bertz CT molecular complexity index is 361. The van der Waals surface area contributed by atoms with E-state index in [4.69, 9.17) is 15.2 Å². The highest BCUT2D eigenvalue weighted by Gasteiger charge is 2.16. The van der Waals surface area contributed by atoms with Gasteiger partial charge in [0.15, 0.2) is 0 Å². The molecule has 1 aromatic carbocycles. The standard InChI is InChI=1S/C14H23NO2/c1-5-11-6-7-13(12(15)10-11)17-9-8-14(2,3)16-4/h6-7,10H,5,8-9,15H2,1-4H3. The number of anilines is 1. The van der Waals surface area contributed by atoms with Crippen LogP contribution in [0.15, 0.2) is 18.2 Å². The topological polar surface area (TPSA) is 44.5 Å². The van der Waals surface area contributed by atoms with Gasteiger partial charge in [-0.05, 0) is 38.0 Å². The highest BCUT2D eigenvalue weighted by molar-refractivity contribution is 5.54. The van der Waals surface area contributed by atoms with Gasteiger partial charge in [0.1, 0.15) is 5.75 Å². The van der Waals surface area contributed by atoms with Gasteiger partial charge in [-0.2, -0.15) is 0 Å². The number of nitrogens with two attached hydrogens (primary N) is 1. The van der Waals surface area contributed by atoms with E-state index in [-0.39, 0.29) is 5.60 Å². The van der Waals surface area contributed by atoms with Gasteiger partial charge in [-0.15, -0.1) is 0 Å². The molecule has 1 aromatic rings. The van der Waals surface area contributed by atoms with Crippen molar-refractivity contribution in [2.75, 3.05) is 19.5 Å². The minimum atomic E-state index is -0.155. The first-order chi connectivity index (χ1) is 7.98. The van der Waals surface area contributed by atoms with Gasteiger partial charge in [-0.1, -0.05) is 13.0 Å². The van der Waals surface area contributed by atoms with Crippen molar-refractivity contribution in [2.45, 2.75) is 39.2 Å². The first-order valence-electron chi connectivity index (χ1n) is 6.05. The highest BCUT2D eigenvalue weighted by atomic mass is 16.5. The number of nitrogen functional groups attached to an aromatic ring is 1. The number of aryl methyl sites for hydroxylation is 1. The van der Waals surface area contributed by atoms with Crippen LogP contribution < -0.4 is 10.5 Å². The van der Waals surface area contributed by atoms with E-state index < -0.39 is 0 Å². The van der Waals surface area contributed by atoms with Gasteiger partial charge in [0.25, 0.3) is 0 Å². The summed E-state index contributed by atoms with van der Waals surface area (Å²) >= 11 is 0. The molecule has 0 aromatic heterocycles. The first kappa shape index (κ1) is 13.8. The zero-order valence-corrected chi connectivity index (χ0v) is 11.2. The molecule has 0 spiro atoms. The van der Waals surface area contributed by atoms with Gasteiger partial charge in [0.05, 0.1) is 17.9 Å². The molecule has 0 amide bonds. The van der Waals surface area contributed by atoms with E-state index in [0.717, 1.165) is 18.6 Å². The minimum absolute atomic E-state index is 0.155. The summed E-state index contributed by atoms with van der Waals surface area (Å²) in [6, 6.07) is 5.96. The van der Waals surface area contributed by atoms with Crippen LogP contribution in [0.4, 0.5) is 5.69 Å². The molecule has 0 aliphatic carbocycles. The monoisotopic (exact) mass is 237 g/mol. The molecule has 17 heavy (non-hydrogen) atoms. The normalized spacial score (nSPS) is 11.5. The molecule has 0 fully saturated rings. The van der Waals surface area contributed by atoms with Gasteiger partial charge >= 0.3 is 0 Å². The van der Waals surface area contributed by atoms with E-state index >= 15 is 0 Å². The highest BCUT2D eigenvalue weighted by Crippen LogP contribution is 2.23. The van der Waals surface area contributed by atoms with E-state index in [9.17, 15) is 0 Å². The summed E-state index contributed by atoms with van der Waals surface area (Å²) in [6.45, 7) is 6.80. The van der Waals surface area contributed by atoms with E-state index in [1.54, 1.807) is 7.11 Å². The van der Waals surface area contributed by atoms with Gasteiger partial charge in [0, 0.05) is 13.5 Å². The van der Waals surface area contributed by atoms with Crippen LogP contribution in [0.3, 0.4) is 0 Å². The molecule has 3 heteroatoms. The van der Waals surface area contributed by atoms with Gasteiger partial charge < -0.3 is 15.2 Å². The van der Waals surface area contributed by atoms with Crippen LogP contribution in [0.25, 0.3) is 0 Å². The largest absolute Gasteiger partial charge is 0.491 e. The Labute approximate surface area is 104 Å². The van der Waals surface area contributed by atoms with Crippen LogP contribution in [-0.4, -0.2) is 19.3 Å². The number of methoxy groups -OCH3 is 1. The lowest BCUT2D eigenvalue weighted by Gasteiger charge is -2.22. The molecule has 0 saturated heterocycles. The van der Waals surface area contributed by atoms with Gasteiger partial charge in [0.2, 0.25) is 0 Å². The predicted molar refractivity (Wildman–Crippen MR) is 71.4 cm³/mol. The van der Waals surface area contributed by atoms with Crippen molar-refractivity contribution in [2.24, 2.45) is 0 Å². The molecule has 0 bridgehead atoms. The Kier molecular flexibility index (Phi) is 4.82. The van der Waals surface area contributed by atoms with Crippen molar-refractivity contribution in [3.63, 3.8) is 0 Å². The quantitative estimate of drug-likeness (QED) is 0.773. The number of hydrogen-bond donors (Lipinski definition) is 1. The average molecular weight is 237 g/mol. The maximum absolute atomic E-state index is 5.92. The average Bonchev–Trinajstić information content (AvgIpc) is 2.31. The molecular formula is C14H23NO2. The van der Waals surface area contributed by atoms with Gasteiger partial charge in [-0.3, -0.25) is 0 Å². The van der Waals surface area contributed by atoms with E-state index in [2.05, 4.69) is 6.92 Å². The molecule has 2 N–H and O–H groups in total. The minimum Gasteiger partial charge on any atom is -0.491 e. The third kappa shape index (κ3) is 4.27. The summed E-state index contributed by atoms with van der Waals surface area (Å²) in [5, 5.41) is 0. The summed E-state index contributed by atoms with van der Waals surface area (Å²) in [5.74, 6) is 0.758. The number of rotatable bonds is 6. The number of hydrogen-bond acceptors (Lipinski definition) is 3. The van der Waals surface area contributed by atoms with Crippen molar-refractivity contribution >= 4 is 5.69 Å². The summed E-state index contributed by atoms with van der Waals surface area (Å²) in [5.41, 5.74) is 7.71. The summed E-state index contributed by atoms with van der Waals surface area (Å²) in [7, 11) is 1.71. The van der Waals surface area contributed by atoms with E-state index in [0.29, 0.717) is 12.3 Å². The summed E-state index contributed by atoms with van der Waals surface area (Å²) < 4.78 is 11.0.